The minimum Gasteiger partial charge on any atom is -0.459 e. The van der Waals surface area contributed by atoms with E-state index < -0.39 is 5.97 Å². The summed E-state index contributed by atoms with van der Waals surface area (Å²) in [6.07, 6.45) is 3.01. The Labute approximate surface area is 117 Å². The molecule has 0 aliphatic heterocycles. The van der Waals surface area contributed by atoms with Crippen molar-refractivity contribution in [3.05, 3.63) is 60.7 Å². The van der Waals surface area contributed by atoms with Gasteiger partial charge in [-0.2, -0.15) is 0 Å². The van der Waals surface area contributed by atoms with E-state index in [2.05, 4.69) is 11.6 Å². The Bertz CT molecular complexity index is 590. The first-order valence-corrected chi connectivity index (χ1v) is 6.17. The Kier molecular flexibility index (Phi) is 4.68. The van der Waals surface area contributed by atoms with Crippen molar-refractivity contribution in [2.45, 2.75) is 0 Å². The van der Waals surface area contributed by atoms with Crippen LogP contribution in [0.5, 0.6) is 0 Å². The summed E-state index contributed by atoms with van der Waals surface area (Å²) in [7, 11) is 1.55. The van der Waals surface area contributed by atoms with E-state index in [1.54, 1.807) is 18.0 Å². The van der Waals surface area contributed by atoms with Crippen LogP contribution >= 0.6 is 0 Å². The molecule has 2 aromatic rings. The molecule has 0 atom stereocenters. The maximum atomic E-state index is 12.0. The van der Waals surface area contributed by atoms with Gasteiger partial charge in [0.15, 0.2) is 5.69 Å². The van der Waals surface area contributed by atoms with E-state index in [1.807, 2.05) is 30.3 Å². The highest BCUT2D eigenvalue weighted by Gasteiger charge is 2.15. The van der Waals surface area contributed by atoms with Crippen LogP contribution in [0.15, 0.2) is 49.4 Å². The first kappa shape index (κ1) is 14.0. The number of hydrogen-bond donors (Lipinski definition) is 0. The molecule has 0 aliphatic rings. The number of carbonyl (C=O) groups is 1. The van der Waals surface area contributed by atoms with Crippen molar-refractivity contribution in [2.24, 2.45) is 0 Å². The van der Waals surface area contributed by atoms with Crippen molar-refractivity contribution in [2.75, 3.05) is 20.3 Å². The van der Waals surface area contributed by atoms with Crippen LogP contribution in [-0.4, -0.2) is 35.8 Å². The molecule has 0 unspecified atom stereocenters. The molecule has 0 saturated carbocycles. The minimum atomic E-state index is -0.448. The van der Waals surface area contributed by atoms with Crippen LogP contribution in [0.4, 0.5) is 0 Å². The molecule has 2 rings (SSSR count). The topological polar surface area (TPSA) is 53.4 Å². The number of esters is 1. The Morgan fingerprint density at radius 2 is 2.05 bits per heavy atom. The molecule has 0 aliphatic carbocycles. The van der Waals surface area contributed by atoms with Crippen LogP contribution < -0.4 is 0 Å². The summed E-state index contributed by atoms with van der Waals surface area (Å²) in [6.45, 7) is 4.56. The van der Waals surface area contributed by atoms with Gasteiger partial charge < -0.3 is 9.47 Å². The first-order chi connectivity index (χ1) is 9.74. The Hall–Kier alpha value is -2.40. The number of imidazole rings is 1. The van der Waals surface area contributed by atoms with Crippen molar-refractivity contribution in [1.29, 1.82) is 0 Å². The summed E-state index contributed by atoms with van der Waals surface area (Å²) in [4.78, 5) is 15.9. The van der Waals surface area contributed by atoms with Crippen molar-refractivity contribution < 1.29 is 14.3 Å². The van der Waals surface area contributed by atoms with E-state index >= 15 is 0 Å². The highest BCUT2D eigenvalue weighted by Crippen LogP contribution is 2.17. The Morgan fingerprint density at radius 3 is 2.75 bits per heavy atom. The number of methoxy groups -OCH3 is 1. The summed E-state index contributed by atoms with van der Waals surface area (Å²) in [5.74, 6) is -0.448. The third-order valence-electron chi connectivity index (χ3n) is 2.77. The zero-order chi connectivity index (χ0) is 14.4. The highest BCUT2D eigenvalue weighted by atomic mass is 16.6. The summed E-state index contributed by atoms with van der Waals surface area (Å²) < 4.78 is 11.5. The van der Waals surface area contributed by atoms with Gasteiger partial charge in [-0.1, -0.05) is 36.9 Å². The van der Waals surface area contributed by atoms with Crippen LogP contribution in [0.2, 0.25) is 0 Å². The average Bonchev–Trinajstić information content (AvgIpc) is 2.97. The molecular formula is C15H16N2O3. The van der Waals surface area contributed by atoms with Gasteiger partial charge in [-0.05, 0) is 5.56 Å². The molecular weight excluding hydrogens is 256 g/mol. The summed E-state index contributed by atoms with van der Waals surface area (Å²) in [5.41, 5.74) is 1.92. The van der Waals surface area contributed by atoms with Gasteiger partial charge in [-0.15, -0.1) is 0 Å². The standard InChI is InChI=1S/C15H16N2O3/c1-12(13-6-4-3-5-7-13)17-11-16-10-14(17)15(18)20-9-8-19-2/h3-7,10-11H,1,8-9H2,2H3. The highest BCUT2D eigenvalue weighted by molar-refractivity contribution is 5.89. The predicted octanol–water partition coefficient (Wildman–Crippen LogP) is 2.21. The molecule has 0 amide bonds. The third-order valence-corrected chi connectivity index (χ3v) is 2.77. The molecule has 0 saturated heterocycles. The molecule has 0 bridgehead atoms. The molecule has 104 valence electrons. The number of benzene rings is 1. The molecule has 0 N–H and O–H groups in total. The Balaban J connectivity index is 2.16. The Morgan fingerprint density at radius 1 is 1.30 bits per heavy atom. The van der Waals surface area contributed by atoms with Crippen LogP contribution in [0, 0.1) is 0 Å². The van der Waals surface area contributed by atoms with E-state index in [0.717, 1.165) is 5.56 Å². The van der Waals surface area contributed by atoms with Crippen molar-refractivity contribution in [3.63, 3.8) is 0 Å². The summed E-state index contributed by atoms with van der Waals surface area (Å²) in [6, 6.07) is 9.58. The lowest BCUT2D eigenvalue weighted by Gasteiger charge is -2.10. The van der Waals surface area contributed by atoms with E-state index in [1.165, 1.54) is 6.20 Å². The first-order valence-electron chi connectivity index (χ1n) is 6.17. The molecule has 20 heavy (non-hydrogen) atoms. The predicted molar refractivity (Wildman–Crippen MR) is 75.3 cm³/mol. The lowest BCUT2D eigenvalue weighted by molar-refractivity contribution is 0.0379. The fourth-order valence-corrected chi connectivity index (χ4v) is 1.72. The second-order valence-corrected chi connectivity index (χ2v) is 4.09. The zero-order valence-corrected chi connectivity index (χ0v) is 11.3. The quantitative estimate of drug-likeness (QED) is 0.597. The van der Waals surface area contributed by atoms with E-state index in [0.29, 0.717) is 18.0 Å². The molecule has 5 nitrogen and oxygen atoms in total. The smallest absolute Gasteiger partial charge is 0.357 e. The summed E-state index contributed by atoms with van der Waals surface area (Å²) in [5, 5.41) is 0. The van der Waals surface area contributed by atoms with Gasteiger partial charge in [0, 0.05) is 12.8 Å². The maximum absolute atomic E-state index is 12.0. The van der Waals surface area contributed by atoms with Crippen LogP contribution in [0.25, 0.3) is 5.70 Å². The monoisotopic (exact) mass is 272 g/mol. The molecule has 0 radical (unpaired) electrons. The van der Waals surface area contributed by atoms with E-state index in [4.69, 9.17) is 9.47 Å². The third kappa shape index (κ3) is 3.13. The lowest BCUT2D eigenvalue weighted by Crippen LogP contribution is -2.14. The average molecular weight is 272 g/mol. The van der Waals surface area contributed by atoms with Gasteiger partial charge in [0.05, 0.1) is 19.1 Å². The molecule has 1 aromatic carbocycles. The molecule has 0 fully saturated rings. The molecule has 0 spiro atoms. The minimum absolute atomic E-state index is 0.207. The van der Waals surface area contributed by atoms with Gasteiger partial charge in [0.1, 0.15) is 6.61 Å². The normalized spacial score (nSPS) is 10.2. The van der Waals surface area contributed by atoms with Crippen LogP contribution in [0.1, 0.15) is 16.1 Å². The fourth-order valence-electron chi connectivity index (χ4n) is 1.72. The van der Waals surface area contributed by atoms with Crippen molar-refractivity contribution in [1.82, 2.24) is 9.55 Å². The van der Waals surface area contributed by atoms with E-state index in [-0.39, 0.29) is 6.61 Å². The second-order valence-electron chi connectivity index (χ2n) is 4.09. The van der Waals surface area contributed by atoms with Gasteiger partial charge in [-0.25, -0.2) is 9.78 Å². The zero-order valence-electron chi connectivity index (χ0n) is 11.3. The number of ether oxygens (including phenoxy) is 2. The van der Waals surface area contributed by atoms with Crippen LogP contribution in [-0.2, 0) is 9.47 Å². The van der Waals surface area contributed by atoms with Gasteiger partial charge in [0.2, 0.25) is 0 Å². The van der Waals surface area contributed by atoms with E-state index in [9.17, 15) is 4.79 Å². The number of aromatic nitrogens is 2. The molecule has 1 aromatic heterocycles. The van der Waals surface area contributed by atoms with Gasteiger partial charge in [-0.3, -0.25) is 4.57 Å². The fraction of sp³-hybridized carbons (Fsp3) is 0.200. The van der Waals surface area contributed by atoms with Crippen molar-refractivity contribution in [3.8, 4) is 0 Å². The second kappa shape index (κ2) is 6.68. The molecule has 5 heteroatoms. The number of rotatable bonds is 6. The molecule has 1 heterocycles. The number of nitrogens with zero attached hydrogens (tertiary/aromatic N) is 2. The van der Waals surface area contributed by atoms with Gasteiger partial charge >= 0.3 is 5.97 Å². The summed E-state index contributed by atoms with van der Waals surface area (Å²) >= 11 is 0. The van der Waals surface area contributed by atoms with Gasteiger partial charge in [0.25, 0.3) is 0 Å². The number of carbonyl (C=O) groups excluding carboxylic acids is 1. The number of hydrogen-bond acceptors (Lipinski definition) is 4. The maximum Gasteiger partial charge on any atom is 0.357 e. The van der Waals surface area contributed by atoms with Crippen molar-refractivity contribution >= 4 is 11.7 Å². The van der Waals surface area contributed by atoms with Crippen LogP contribution in [0.3, 0.4) is 0 Å². The lowest BCUT2D eigenvalue weighted by atomic mass is 10.2. The largest absolute Gasteiger partial charge is 0.459 e. The SMILES string of the molecule is C=C(c1ccccc1)n1cncc1C(=O)OCCOC.